The molecule has 0 aliphatic heterocycles. The molecule has 0 aromatic heterocycles. The van der Waals surface area contributed by atoms with Crippen LogP contribution in [0.25, 0.3) is 0 Å². The third-order valence-electron chi connectivity index (χ3n) is 4.10. The van der Waals surface area contributed by atoms with Crippen molar-refractivity contribution < 1.29 is 29.1 Å². The van der Waals surface area contributed by atoms with E-state index >= 15 is 0 Å². The maximum atomic E-state index is 10.6. The van der Waals surface area contributed by atoms with Gasteiger partial charge in [0, 0.05) is 12.1 Å². The smallest absolute Gasteiger partial charge is 0.466 e. The summed E-state index contributed by atoms with van der Waals surface area (Å²) in [5.74, 6) is 0.767. The number of hydrogen-bond donors (Lipinski definition) is 4. The Kier molecular flexibility index (Phi) is 11.0. The maximum Gasteiger partial charge on any atom is 0.466 e. The zero-order valence-corrected chi connectivity index (χ0v) is 17.2. The lowest BCUT2D eigenvalue weighted by molar-refractivity contribution is 0.206. The highest BCUT2D eigenvalue weighted by Crippen LogP contribution is 2.29. The first-order valence-electron chi connectivity index (χ1n) is 9.21. The van der Waals surface area contributed by atoms with Crippen LogP contribution in [0.3, 0.4) is 0 Å². The molecule has 2 aromatic rings. The number of rotatable bonds is 9. The Hall–Kier alpha value is -1.73. The van der Waals surface area contributed by atoms with Crippen LogP contribution in [-0.2, 0) is 4.57 Å². The Morgan fingerprint density at radius 3 is 2.07 bits per heavy atom. The van der Waals surface area contributed by atoms with Crippen LogP contribution in [0.15, 0.2) is 54.6 Å². The molecule has 4 N–H and O–H groups in total. The van der Waals surface area contributed by atoms with Gasteiger partial charge in [0.25, 0.3) is 0 Å². The first kappa shape index (κ1) is 24.3. The van der Waals surface area contributed by atoms with Gasteiger partial charge in [-0.05, 0) is 31.1 Å². The van der Waals surface area contributed by atoms with Gasteiger partial charge in [-0.15, -0.1) is 0 Å². The molecular formula is C20H30NO6P. The van der Waals surface area contributed by atoms with Gasteiger partial charge in [-0.25, -0.2) is 4.57 Å². The van der Waals surface area contributed by atoms with Crippen LogP contribution in [0.5, 0.6) is 5.75 Å². The fourth-order valence-electron chi connectivity index (χ4n) is 2.66. The van der Waals surface area contributed by atoms with E-state index in [-0.39, 0.29) is 0 Å². The molecule has 0 aliphatic rings. The fourth-order valence-corrected chi connectivity index (χ4v) is 2.66. The third kappa shape index (κ3) is 9.99. The van der Waals surface area contributed by atoms with Gasteiger partial charge in [0.2, 0.25) is 0 Å². The number of nitrogens with zero attached hydrogens (tertiary/aromatic N) is 1. The van der Waals surface area contributed by atoms with Crippen molar-refractivity contribution in [1.29, 1.82) is 0 Å². The number of para-hydroxylation sites is 1. The van der Waals surface area contributed by atoms with Crippen LogP contribution in [0.4, 0.5) is 0 Å². The molecule has 156 valence electrons. The Labute approximate surface area is 166 Å². The molecule has 0 saturated carbocycles. The molecular weight excluding hydrogens is 381 g/mol. The van der Waals surface area contributed by atoms with E-state index in [2.05, 4.69) is 18.7 Å². The second kappa shape index (κ2) is 12.7. The summed E-state index contributed by atoms with van der Waals surface area (Å²) >= 11 is 0. The summed E-state index contributed by atoms with van der Waals surface area (Å²) in [6.45, 7) is 8.19. The highest BCUT2D eigenvalue weighted by molar-refractivity contribution is 7.45. The number of aliphatic hydroxyl groups is 1. The van der Waals surface area contributed by atoms with Crippen LogP contribution in [-0.4, -0.2) is 50.9 Å². The lowest BCUT2D eigenvalue weighted by Gasteiger charge is -2.19. The van der Waals surface area contributed by atoms with Gasteiger partial charge in [-0.3, -0.25) is 0 Å². The van der Waals surface area contributed by atoms with E-state index in [1.807, 2.05) is 54.6 Å². The molecule has 0 aliphatic carbocycles. The van der Waals surface area contributed by atoms with Crippen molar-refractivity contribution in [1.82, 2.24) is 4.90 Å². The Morgan fingerprint density at radius 2 is 1.50 bits per heavy atom. The van der Waals surface area contributed by atoms with E-state index < -0.39 is 13.9 Å². The van der Waals surface area contributed by atoms with Crippen molar-refractivity contribution in [3.05, 3.63) is 65.7 Å². The molecule has 0 radical (unpaired) electrons. The zero-order valence-electron chi connectivity index (χ0n) is 16.3. The van der Waals surface area contributed by atoms with E-state index in [0.29, 0.717) is 6.61 Å². The molecule has 1 unspecified atom stereocenters. The number of benzene rings is 2. The van der Waals surface area contributed by atoms with Gasteiger partial charge in [0.15, 0.2) is 0 Å². The van der Waals surface area contributed by atoms with Gasteiger partial charge >= 0.3 is 7.82 Å². The summed E-state index contributed by atoms with van der Waals surface area (Å²) in [6.07, 6.45) is 0.326. The Bertz CT molecular complexity index is 709. The summed E-state index contributed by atoms with van der Waals surface area (Å²) in [4.78, 5) is 23.9. The van der Waals surface area contributed by atoms with Gasteiger partial charge < -0.3 is 29.4 Å². The van der Waals surface area contributed by atoms with Gasteiger partial charge in [-0.1, -0.05) is 62.4 Å². The normalized spacial score (nSPS) is 12.2. The van der Waals surface area contributed by atoms with Crippen LogP contribution in [0.1, 0.15) is 37.5 Å². The maximum absolute atomic E-state index is 10.6. The van der Waals surface area contributed by atoms with Crippen LogP contribution >= 0.6 is 7.82 Å². The van der Waals surface area contributed by atoms with E-state index in [1.54, 1.807) is 0 Å². The highest BCUT2D eigenvalue weighted by Gasteiger charge is 2.14. The molecule has 8 heteroatoms. The van der Waals surface area contributed by atoms with E-state index in [9.17, 15) is 5.11 Å². The van der Waals surface area contributed by atoms with Crippen molar-refractivity contribution in [2.45, 2.75) is 26.4 Å². The van der Waals surface area contributed by atoms with E-state index in [4.69, 9.17) is 24.0 Å². The largest absolute Gasteiger partial charge is 0.493 e. The first-order valence-corrected chi connectivity index (χ1v) is 10.8. The second-order valence-corrected chi connectivity index (χ2v) is 7.12. The molecule has 28 heavy (non-hydrogen) atoms. The molecule has 2 rings (SSSR count). The number of ether oxygens (including phenoxy) is 1. The topological polar surface area (TPSA) is 110 Å². The SMILES string of the molecule is CCN(CC)CCCOc1ccccc1C(O)c1ccccc1.O=P(O)(O)O. The molecule has 2 aromatic carbocycles. The van der Waals surface area contributed by atoms with Gasteiger partial charge in [0.05, 0.1) is 6.61 Å². The molecule has 0 amide bonds. The number of phosphoric acid groups is 1. The number of hydrogen-bond acceptors (Lipinski definition) is 4. The second-order valence-electron chi connectivity index (χ2n) is 6.09. The summed E-state index contributed by atoms with van der Waals surface area (Å²) in [5, 5.41) is 10.6. The van der Waals surface area contributed by atoms with Crippen molar-refractivity contribution in [2.24, 2.45) is 0 Å². The van der Waals surface area contributed by atoms with E-state index in [1.165, 1.54) is 0 Å². The zero-order chi connectivity index (χ0) is 21.0. The molecule has 0 heterocycles. The number of aliphatic hydroxyl groups excluding tert-OH is 1. The molecule has 1 atom stereocenters. The third-order valence-corrected chi connectivity index (χ3v) is 4.10. The summed E-state index contributed by atoms with van der Waals surface area (Å²) in [5.41, 5.74) is 1.70. The Morgan fingerprint density at radius 1 is 0.964 bits per heavy atom. The minimum Gasteiger partial charge on any atom is -0.493 e. The summed E-state index contributed by atoms with van der Waals surface area (Å²) in [7, 11) is -4.64. The summed E-state index contributed by atoms with van der Waals surface area (Å²) < 4.78 is 14.8. The van der Waals surface area contributed by atoms with Crippen molar-refractivity contribution in [3.8, 4) is 5.75 Å². The lowest BCUT2D eigenvalue weighted by Crippen LogP contribution is -2.25. The predicted octanol–water partition coefficient (Wildman–Crippen LogP) is 2.95. The minimum atomic E-state index is -4.64. The van der Waals surface area contributed by atoms with Crippen molar-refractivity contribution >= 4 is 7.82 Å². The average Bonchev–Trinajstić information content (AvgIpc) is 2.67. The standard InChI is InChI=1S/C20H27NO2.H3O4P/c1-3-21(4-2)15-10-16-23-19-14-9-8-13-18(19)20(22)17-11-6-5-7-12-17;1-5(2,3)4/h5-9,11-14,20,22H,3-4,10,15-16H2,1-2H3;(H3,1,2,3,4). The predicted molar refractivity (Wildman–Crippen MR) is 109 cm³/mol. The molecule has 0 saturated heterocycles. The summed E-state index contributed by atoms with van der Waals surface area (Å²) in [6, 6.07) is 17.4. The minimum absolute atomic E-state index is 0.657. The molecule has 0 spiro atoms. The molecule has 7 nitrogen and oxygen atoms in total. The van der Waals surface area contributed by atoms with Gasteiger partial charge in [-0.2, -0.15) is 0 Å². The van der Waals surface area contributed by atoms with Crippen molar-refractivity contribution in [3.63, 3.8) is 0 Å². The average molecular weight is 411 g/mol. The van der Waals surface area contributed by atoms with Crippen LogP contribution in [0, 0.1) is 0 Å². The fraction of sp³-hybridized carbons (Fsp3) is 0.400. The quantitative estimate of drug-likeness (QED) is 0.371. The molecule has 0 bridgehead atoms. The van der Waals surface area contributed by atoms with Crippen LogP contribution in [0.2, 0.25) is 0 Å². The van der Waals surface area contributed by atoms with Crippen LogP contribution < -0.4 is 4.74 Å². The van der Waals surface area contributed by atoms with E-state index in [0.717, 1.165) is 42.9 Å². The van der Waals surface area contributed by atoms with Crippen molar-refractivity contribution in [2.75, 3.05) is 26.2 Å². The highest BCUT2D eigenvalue weighted by atomic mass is 31.2. The molecule has 0 fully saturated rings. The Balaban J connectivity index is 0.000000696. The lowest BCUT2D eigenvalue weighted by atomic mass is 10.0. The first-order chi connectivity index (χ1) is 13.3. The van der Waals surface area contributed by atoms with Gasteiger partial charge in [0.1, 0.15) is 11.9 Å². The monoisotopic (exact) mass is 411 g/mol.